The Morgan fingerprint density at radius 1 is 1.33 bits per heavy atom. The standard InChI is InChI=1S/C16H23NO/c1-3-4-12-5-7-13(8-6-12)15(14-9-10-14)11-16(18)17-2/h5-8,14-15H,3-4,9-11H2,1-2H3,(H,17,18). The molecule has 1 unspecified atom stereocenters. The second-order valence-electron chi connectivity index (χ2n) is 5.31. The van der Waals surface area contributed by atoms with E-state index in [1.165, 1.54) is 30.4 Å². The lowest BCUT2D eigenvalue weighted by atomic mass is 9.90. The quantitative estimate of drug-likeness (QED) is 0.819. The monoisotopic (exact) mass is 245 g/mol. The molecule has 0 bridgehead atoms. The molecular formula is C16H23NO. The van der Waals surface area contributed by atoms with Crippen LogP contribution in [0.5, 0.6) is 0 Å². The van der Waals surface area contributed by atoms with Crippen molar-refractivity contribution in [3.63, 3.8) is 0 Å². The van der Waals surface area contributed by atoms with E-state index in [-0.39, 0.29) is 5.91 Å². The van der Waals surface area contributed by atoms with Crippen molar-refractivity contribution in [2.24, 2.45) is 5.92 Å². The Balaban J connectivity index is 2.07. The Bertz CT molecular complexity index is 392. The van der Waals surface area contributed by atoms with Crippen molar-refractivity contribution >= 4 is 5.91 Å². The maximum atomic E-state index is 11.6. The topological polar surface area (TPSA) is 29.1 Å². The molecule has 0 aromatic heterocycles. The number of amides is 1. The second-order valence-corrected chi connectivity index (χ2v) is 5.31. The van der Waals surface area contributed by atoms with E-state index in [0.717, 1.165) is 12.3 Å². The molecule has 1 atom stereocenters. The van der Waals surface area contributed by atoms with Crippen LogP contribution in [0.2, 0.25) is 0 Å². The van der Waals surface area contributed by atoms with Crippen LogP contribution in [0.3, 0.4) is 0 Å². The summed E-state index contributed by atoms with van der Waals surface area (Å²) in [6.07, 6.45) is 5.51. The molecule has 0 heterocycles. The van der Waals surface area contributed by atoms with Gasteiger partial charge in [0.2, 0.25) is 5.91 Å². The zero-order valence-electron chi connectivity index (χ0n) is 11.4. The summed E-state index contributed by atoms with van der Waals surface area (Å²) in [6, 6.07) is 8.88. The molecule has 0 spiro atoms. The SMILES string of the molecule is CCCc1ccc(C(CC(=O)NC)C2CC2)cc1. The summed E-state index contributed by atoms with van der Waals surface area (Å²) in [5, 5.41) is 2.74. The zero-order valence-corrected chi connectivity index (χ0v) is 11.4. The van der Waals surface area contributed by atoms with Crippen LogP contribution in [0, 0.1) is 5.92 Å². The van der Waals surface area contributed by atoms with Crippen LogP contribution >= 0.6 is 0 Å². The van der Waals surface area contributed by atoms with Gasteiger partial charge in [0, 0.05) is 13.5 Å². The van der Waals surface area contributed by atoms with Gasteiger partial charge in [0.15, 0.2) is 0 Å². The number of aryl methyl sites for hydroxylation is 1. The van der Waals surface area contributed by atoms with Crippen LogP contribution in [0.1, 0.15) is 49.7 Å². The molecule has 1 saturated carbocycles. The number of rotatable bonds is 6. The predicted molar refractivity (Wildman–Crippen MR) is 74.6 cm³/mol. The minimum atomic E-state index is 0.157. The fraction of sp³-hybridized carbons (Fsp3) is 0.562. The van der Waals surface area contributed by atoms with Gasteiger partial charge in [-0.3, -0.25) is 4.79 Å². The van der Waals surface area contributed by atoms with Gasteiger partial charge in [-0.05, 0) is 42.2 Å². The van der Waals surface area contributed by atoms with Gasteiger partial charge in [-0.25, -0.2) is 0 Å². The van der Waals surface area contributed by atoms with E-state index in [4.69, 9.17) is 0 Å². The fourth-order valence-corrected chi connectivity index (χ4v) is 2.58. The number of carbonyl (C=O) groups is 1. The molecule has 98 valence electrons. The van der Waals surface area contributed by atoms with Crippen LogP contribution in [0.4, 0.5) is 0 Å². The number of benzene rings is 1. The number of hydrogen-bond donors (Lipinski definition) is 1. The molecule has 1 aromatic carbocycles. The lowest BCUT2D eigenvalue weighted by molar-refractivity contribution is -0.121. The highest BCUT2D eigenvalue weighted by atomic mass is 16.1. The van der Waals surface area contributed by atoms with E-state index >= 15 is 0 Å². The van der Waals surface area contributed by atoms with Crippen molar-refractivity contribution in [2.45, 2.75) is 44.9 Å². The molecule has 0 saturated heterocycles. The summed E-state index contributed by atoms with van der Waals surface area (Å²) < 4.78 is 0. The third kappa shape index (κ3) is 3.34. The minimum Gasteiger partial charge on any atom is -0.359 e. The first-order chi connectivity index (χ1) is 8.74. The Morgan fingerprint density at radius 2 is 2.00 bits per heavy atom. The number of hydrogen-bond acceptors (Lipinski definition) is 1. The van der Waals surface area contributed by atoms with Gasteiger partial charge in [-0.1, -0.05) is 37.6 Å². The zero-order chi connectivity index (χ0) is 13.0. The van der Waals surface area contributed by atoms with Crippen LogP contribution in [-0.2, 0) is 11.2 Å². The molecule has 1 aliphatic carbocycles. The maximum absolute atomic E-state index is 11.6. The average Bonchev–Trinajstić information content (AvgIpc) is 3.21. The number of nitrogens with one attached hydrogen (secondary N) is 1. The molecule has 1 fully saturated rings. The van der Waals surface area contributed by atoms with Crippen molar-refractivity contribution in [3.05, 3.63) is 35.4 Å². The summed E-state index contributed by atoms with van der Waals surface area (Å²) in [5.74, 6) is 1.30. The molecular weight excluding hydrogens is 222 g/mol. The maximum Gasteiger partial charge on any atom is 0.220 e. The van der Waals surface area contributed by atoms with E-state index in [9.17, 15) is 4.79 Å². The highest BCUT2D eigenvalue weighted by Gasteiger charge is 2.33. The molecule has 0 aliphatic heterocycles. The summed E-state index contributed by atoms with van der Waals surface area (Å²) >= 11 is 0. The Hall–Kier alpha value is -1.31. The molecule has 18 heavy (non-hydrogen) atoms. The van der Waals surface area contributed by atoms with Gasteiger partial charge in [0.25, 0.3) is 0 Å². The number of carbonyl (C=O) groups excluding carboxylic acids is 1. The van der Waals surface area contributed by atoms with Crippen molar-refractivity contribution < 1.29 is 4.79 Å². The van der Waals surface area contributed by atoms with Crippen molar-refractivity contribution in [3.8, 4) is 0 Å². The molecule has 1 amide bonds. The van der Waals surface area contributed by atoms with E-state index in [0.29, 0.717) is 12.3 Å². The molecule has 2 rings (SSSR count). The van der Waals surface area contributed by atoms with E-state index in [1.54, 1.807) is 7.05 Å². The van der Waals surface area contributed by atoms with E-state index < -0.39 is 0 Å². The van der Waals surface area contributed by atoms with Gasteiger partial charge in [-0.15, -0.1) is 0 Å². The van der Waals surface area contributed by atoms with Gasteiger partial charge < -0.3 is 5.32 Å². The molecule has 2 heteroatoms. The summed E-state index contributed by atoms with van der Waals surface area (Å²) in [4.78, 5) is 11.6. The predicted octanol–water partition coefficient (Wildman–Crippen LogP) is 3.27. The Morgan fingerprint density at radius 3 is 2.50 bits per heavy atom. The molecule has 1 aliphatic rings. The third-order valence-electron chi connectivity index (χ3n) is 3.82. The molecule has 1 N–H and O–H groups in total. The van der Waals surface area contributed by atoms with E-state index in [2.05, 4.69) is 36.5 Å². The molecule has 2 nitrogen and oxygen atoms in total. The summed E-state index contributed by atoms with van der Waals surface area (Å²) in [5.41, 5.74) is 2.73. The Kier molecular flexibility index (Phi) is 4.40. The lowest BCUT2D eigenvalue weighted by Gasteiger charge is -2.16. The molecule has 1 aromatic rings. The normalized spacial score (nSPS) is 16.3. The first-order valence-corrected chi connectivity index (χ1v) is 7.04. The molecule has 0 radical (unpaired) electrons. The average molecular weight is 245 g/mol. The van der Waals surface area contributed by atoms with Crippen LogP contribution in [-0.4, -0.2) is 13.0 Å². The Labute approximate surface area is 110 Å². The van der Waals surface area contributed by atoms with Crippen LogP contribution in [0.25, 0.3) is 0 Å². The highest BCUT2D eigenvalue weighted by Crippen LogP contribution is 2.44. The van der Waals surface area contributed by atoms with Crippen LogP contribution in [0.15, 0.2) is 24.3 Å². The lowest BCUT2D eigenvalue weighted by Crippen LogP contribution is -2.21. The third-order valence-corrected chi connectivity index (χ3v) is 3.82. The van der Waals surface area contributed by atoms with Gasteiger partial charge in [-0.2, -0.15) is 0 Å². The smallest absolute Gasteiger partial charge is 0.220 e. The summed E-state index contributed by atoms with van der Waals surface area (Å²) in [7, 11) is 1.72. The highest BCUT2D eigenvalue weighted by molar-refractivity contribution is 5.76. The first-order valence-electron chi connectivity index (χ1n) is 7.04. The van der Waals surface area contributed by atoms with Crippen molar-refractivity contribution in [2.75, 3.05) is 7.05 Å². The van der Waals surface area contributed by atoms with Gasteiger partial charge in [0.1, 0.15) is 0 Å². The van der Waals surface area contributed by atoms with Gasteiger partial charge in [0.05, 0.1) is 0 Å². The first kappa shape index (κ1) is 13.1. The second kappa shape index (κ2) is 6.03. The largest absolute Gasteiger partial charge is 0.359 e. The van der Waals surface area contributed by atoms with Gasteiger partial charge >= 0.3 is 0 Å². The van der Waals surface area contributed by atoms with E-state index in [1.807, 2.05) is 0 Å². The van der Waals surface area contributed by atoms with Crippen molar-refractivity contribution in [1.82, 2.24) is 5.32 Å². The minimum absolute atomic E-state index is 0.157. The fourth-order valence-electron chi connectivity index (χ4n) is 2.58. The van der Waals surface area contributed by atoms with Crippen LogP contribution < -0.4 is 5.32 Å². The summed E-state index contributed by atoms with van der Waals surface area (Å²) in [6.45, 7) is 2.20. The van der Waals surface area contributed by atoms with Crippen molar-refractivity contribution in [1.29, 1.82) is 0 Å².